The summed E-state index contributed by atoms with van der Waals surface area (Å²) < 4.78 is 105. The van der Waals surface area contributed by atoms with Gasteiger partial charge in [-0.1, -0.05) is 30.3 Å². The van der Waals surface area contributed by atoms with Gasteiger partial charge in [0.15, 0.2) is 11.6 Å². The molecule has 0 radical (unpaired) electrons. The van der Waals surface area contributed by atoms with Crippen molar-refractivity contribution in [2.45, 2.75) is 63.1 Å². The van der Waals surface area contributed by atoms with Gasteiger partial charge in [0, 0.05) is 6.61 Å². The Bertz CT molecular complexity index is 923. The topological polar surface area (TPSA) is 27.7 Å². The van der Waals surface area contributed by atoms with E-state index in [0.29, 0.717) is 23.7 Å². The van der Waals surface area contributed by atoms with Crippen LogP contribution in [0.2, 0.25) is 0 Å². The summed E-state index contributed by atoms with van der Waals surface area (Å²) in [6, 6.07) is 10.1. The van der Waals surface area contributed by atoms with E-state index in [1.807, 2.05) is 19.1 Å². The minimum atomic E-state index is -5.85. The number of alkyl halides is 6. The lowest BCUT2D eigenvalue weighted by atomic mass is 9.82. The summed E-state index contributed by atoms with van der Waals surface area (Å²) in [6.07, 6.45) is -11.8. The number of hydrogen-bond donors (Lipinski definition) is 0. The summed E-state index contributed by atoms with van der Waals surface area (Å²) in [7, 11) is 0. The molecule has 1 aliphatic carbocycles. The van der Waals surface area contributed by atoms with Crippen LogP contribution in [-0.4, -0.2) is 38.0 Å². The molecule has 2 aromatic rings. The van der Waals surface area contributed by atoms with Crippen molar-refractivity contribution in [2.75, 3.05) is 13.4 Å². The van der Waals surface area contributed by atoms with Gasteiger partial charge < -0.3 is 14.2 Å². The van der Waals surface area contributed by atoms with Crippen LogP contribution >= 0.6 is 0 Å². The quantitative estimate of drug-likeness (QED) is 0.207. The van der Waals surface area contributed by atoms with Gasteiger partial charge in [-0.15, -0.1) is 0 Å². The van der Waals surface area contributed by atoms with Gasteiger partial charge in [-0.05, 0) is 67.3 Å². The average molecular weight is 494 g/mol. The molecule has 1 fully saturated rings. The van der Waals surface area contributed by atoms with Crippen molar-refractivity contribution in [3.05, 3.63) is 53.8 Å². The van der Waals surface area contributed by atoms with Crippen LogP contribution in [0, 0.1) is 5.82 Å². The lowest BCUT2D eigenvalue weighted by molar-refractivity contribution is -0.305. The smallest absolute Gasteiger partial charge is 0.427 e. The summed E-state index contributed by atoms with van der Waals surface area (Å²) in [5, 5.41) is 0. The highest BCUT2D eigenvalue weighted by molar-refractivity contribution is 5.64. The highest BCUT2D eigenvalue weighted by atomic mass is 19.4. The fraction of sp³-hybridized carbons (Fsp3) is 0.500. The second kappa shape index (κ2) is 10.9. The zero-order valence-corrected chi connectivity index (χ0v) is 18.4. The Hall–Kier alpha value is -2.33. The van der Waals surface area contributed by atoms with E-state index in [0.717, 1.165) is 43.4 Å². The summed E-state index contributed by atoms with van der Waals surface area (Å²) >= 11 is 0. The number of ether oxygens (including phenoxy) is 3. The van der Waals surface area contributed by atoms with Crippen molar-refractivity contribution in [3.63, 3.8) is 0 Å². The predicted molar refractivity (Wildman–Crippen MR) is 111 cm³/mol. The molecule has 0 aromatic heterocycles. The number of halogens is 7. The number of hydrogen-bond acceptors (Lipinski definition) is 3. The van der Waals surface area contributed by atoms with E-state index in [-0.39, 0.29) is 12.9 Å². The minimum absolute atomic E-state index is 0.168. The maximum Gasteiger partial charge on any atom is 0.439 e. The first-order valence-electron chi connectivity index (χ1n) is 10.9. The van der Waals surface area contributed by atoms with Gasteiger partial charge in [-0.2, -0.15) is 22.0 Å². The molecule has 0 heterocycles. The summed E-state index contributed by atoms with van der Waals surface area (Å²) in [5.74, 6) is -2.17. The fourth-order valence-corrected chi connectivity index (χ4v) is 3.89. The second-order valence-electron chi connectivity index (χ2n) is 8.09. The van der Waals surface area contributed by atoms with Crippen molar-refractivity contribution in [2.24, 2.45) is 0 Å². The lowest BCUT2D eigenvalue weighted by Gasteiger charge is -2.28. The van der Waals surface area contributed by atoms with Gasteiger partial charge in [0.25, 0.3) is 6.17 Å². The highest BCUT2D eigenvalue weighted by Crippen LogP contribution is 2.38. The van der Waals surface area contributed by atoms with Gasteiger partial charge in [0.2, 0.25) is 0 Å². The monoisotopic (exact) mass is 494 g/mol. The van der Waals surface area contributed by atoms with E-state index in [9.17, 15) is 30.7 Å². The number of rotatable bonds is 9. The third kappa shape index (κ3) is 6.63. The molecule has 0 N–H and O–H groups in total. The molecule has 3 nitrogen and oxygen atoms in total. The minimum Gasteiger partial charge on any atom is -0.427 e. The molecule has 3 rings (SSSR count). The molecule has 1 saturated carbocycles. The van der Waals surface area contributed by atoms with Gasteiger partial charge in [-0.3, -0.25) is 0 Å². The Balaban J connectivity index is 1.62. The molecule has 10 heteroatoms. The third-order valence-electron chi connectivity index (χ3n) is 5.74. The van der Waals surface area contributed by atoms with Gasteiger partial charge in [0.05, 0.1) is 6.10 Å². The second-order valence-corrected chi connectivity index (χ2v) is 8.09. The first-order valence-corrected chi connectivity index (χ1v) is 10.9. The molecule has 1 unspecified atom stereocenters. The molecule has 0 bridgehead atoms. The van der Waals surface area contributed by atoms with E-state index in [2.05, 4.69) is 4.74 Å². The normalized spacial score (nSPS) is 20.2. The molecule has 1 atom stereocenters. The SMILES string of the molecule is CCOCOC1CCC(c2ccc(-c3ccc(OC(F)(F)C(F)C(F)(F)F)c(F)c3)cc2)CC1. The summed E-state index contributed by atoms with van der Waals surface area (Å²) in [6.45, 7) is 2.79. The van der Waals surface area contributed by atoms with Crippen molar-refractivity contribution in [1.82, 2.24) is 0 Å². The molecule has 2 aromatic carbocycles. The first-order chi connectivity index (χ1) is 16.0. The molecular weight excluding hydrogens is 469 g/mol. The Labute approximate surface area is 192 Å². The molecule has 34 heavy (non-hydrogen) atoms. The molecule has 0 aliphatic heterocycles. The zero-order valence-electron chi connectivity index (χ0n) is 18.4. The molecule has 1 aliphatic rings. The molecular formula is C24H25F7O3. The maximum absolute atomic E-state index is 14.3. The van der Waals surface area contributed by atoms with E-state index in [1.54, 1.807) is 12.1 Å². The fourth-order valence-electron chi connectivity index (χ4n) is 3.89. The van der Waals surface area contributed by atoms with Crippen molar-refractivity contribution in [1.29, 1.82) is 0 Å². The molecule has 0 saturated heterocycles. The lowest BCUT2D eigenvalue weighted by Crippen LogP contribution is -2.45. The Morgan fingerprint density at radius 1 is 0.912 bits per heavy atom. The largest absolute Gasteiger partial charge is 0.439 e. The van der Waals surface area contributed by atoms with Crippen molar-refractivity contribution < 1.29 is 44.9 Å². The van der Waals surface area contributed by atoms with Gasteiger partial charge in [0.1, 0.15) is 6.79 Å². The van der Waals surface area contributed by atoms with E-state index < -0.39 is 30.0 Å². The van der Waals surface area contributed by atoms with E-state index >= 15 is 0 Å². The molecule has 0 amide bonds. The number of benzene rings is 2. The highest BCUT2D eigenvalue weighted by Gasteiger charge is 2.59. The molecule has 188 valence electrons. The van der Waals surface area contributed by atoms with Gasteiger partial charge >= 0.3 is 12.3 Å². The van der Waals surface area contributed by atoms with Crippen LogP contribution in [0.1, 0.15) is 44.1 Å². The van der Waals surface area contributed by atoms with Crippen LogP contribution in [0.4, 0.5) is 30.7 Å². The Morgan fingerprint density at radius 2 is 1.53 bits per heavy atom. The Kier molecular flexibility index (Phi) is 8.46. The van der Waals surface area contributed by atoms with Gasteiger partial charge in [-0.25, -0.2) is 8.78 Å². The zero-order chi connectivity index (χ0) is 24.9. The van der Waals surface area contributed by atoms with Crippen molar-refractivity contribution >= 4 is 0 Å². The van der Waals surface area contributed by atoms with Crippen LogP contribution in [0.3, 0.4) is 0 Å². The predicted octanol–water partition coefficient (Wildman–Crippen LogP) is 7.40. The van der Waals surface area contributed by atoms with Crippen LogP contribution < -0.4 is 4.74 Å². The maximum atomic E-state index is 14.3. The van der Waals surface area contributed by atoms with Crippen LogP contribution in [0.15, 0.2) is 42.5 Å². The standard InChI is InChI=1S/C24H25F7O3/c1-2-32-14-33-19-10-7-16(8-11-19)15-3-5-17(6-4-15)18-9-12-21(20(25)13-18)34-24(30,31)22(26)23(27,28)29/h3-6,9,12-13,16,19,22H,2,7-8,10-11,14H2,1H3. The average Bonchev–Trinajstić information content (AvgIpc) is 2.80. The van der Waals surface area contributed by atoms with Crippen molar-refractivity contribution in [3.8, 4) is 16.9 Å². The Morgan fingerprint density at radius 3 is 2.09 bits per heavy atom. The van der Waals surface area contributed by atoms with Crippen LogP contribution in [0.25, 0.3) is 11.1 Å². The van der Waals surface area contributed by atoms with E-state index in [1.165, 1.54) is 6.07 Å². The van der Waals surface area contributed by atoms with E-state index in [4.69, 9.17) is 9.47 Å². The third-order valence-corrected chi connectivity index (χ3v) is 5.74. The summed E-state index contributed by atoms with van der Waals surface area (Å²) in [4.78, 5) is 0. The summed E-state index contributed by atoms with van der Waals surface area (Å²) in [5.41, 5.74) is 1.99. The molecule has 0 spiro atoms. The van der Waals surface area contributed by atoms with Crippen LogP contribution in [0.5, 0.6) is 5.75 Å². The first kappa shape index (κ1) is 26.3. The van der Waals surface area contributed by atoms with Crippen LogP contribution in [-0.2, 0) is 9.47 Å².